The lowest BCUT2D eigenvalue weighted by Crippen LogP contribution is -2.41. The fourth-order valence-electron chi connectivity index (χ4n) is 2.53. The molecule has 1 aromatic rings. The molecule has 1 aliphatic rings. The molecule has 1 N–H and O–H groups in total. The van der Waals surface area contributed by atoms with Gasteiger partial charge in [0.1, 0.15) is 5.75 Å². The number of benzene rings is 1. The van der Waals surface area contributed by atoms with E-state index in [1.807, 2.05) is 19.0 Å². The van der Waals surface area contributed by atoms with Crippen LogP contribution < -0.4 is 0 Å². The Bertz CT molecular complexity index is 477. The quantitative estimate of drug-likeness (QED) is 0.825. The first-order valence-electron chi connectivity index (χ1n) is 6.43. The van der Waals surface area contributed by atoms with Crippen LogP contribution in [0.5, 0.6) is 5.75 Å². The lowest BCUT2D eigenvalue weighted by molar-refractivity contribution is 0.0716. The molecule has 1 atom stereocenters. The van der Waals surface area contributed by atoms with Gasteiger partial charge in [-0.15, -0.1) is 0 Å². The molecule has 0 bridgehead atoms. The number of hydrogen-bond acceptors (Lipinski definition) is 3. The van der Waals surface area contributed by atoms with Gasteiger partial charge in [0, 0.05) is 24.7 Å². The minimum atomic E-state index is 0.0241. The number of aromatic hydroxyl groups is 1. The van der Waals surface area contributed by atoms with E-state index in [0.29, 0.717) is 5.56 Å². The molecule has 1 fully saturated rings. The average Bonchev–Trinajstić information content (AvgIpc) is 2.79. The predicted molar refractivity (Wildman–Crippen MR) is 83.4 cm³/mol. The number of carbonyl (C=O) groups excluding carboxylic acids is 1. The van der Waals surface area contributed by atoms with Crippen molar-refractivity contribution in [2.45, 2.75) is 18.9 Å². The highest BCUT2D eigenvalue weighted by Crippen LogP contribution is 2.24. The Balaban J connectivity index is 2.16. The molecule has 1 aliphatic heterocycles. The summed E-state index contributed by atoms with van der Waals surface area (Å²) >= 11 is 2.05. The summed E-state index contributed by atoms with van der Waals surface area (Å²) in [7, 11) is 4.05. The molecular formula is C14H19IN2O2. The number of carbonyl (C=O) groups is 1. The highest BCUT2D eigenvalue weighted by molar-refractivity contribution is 14.1. The van der Waals surface area contributed by atoms with Gasteiger partial charge >= 0.3 is 0 Å². The maximum atomic E-state index is 12.5. The molecule has 104 valence electrons. The third kappa shape index (κ3) is 3.39. The van der Waals surface area contributed by atoms with Crippen LogP contribution in [0.15, 0.2) is 18.2 Å². The van der Waals surface area contributed by atoms with E-state index in [0.717, 1.165) is 29.5 Å². The summed E-state index contributed by atoms with van der Waals surface area (Å²) in [6, 6.07) is 5.41. The maximum absolute atomic E-state index is 12.5. The number of phenolic OH excluding ortho intramolecular Hbond substituents is 1. The van der Waals surface area contributed by atoms with Crippen LogP contribution in [0.3, 0.4) is 0 Å². The van der Waals surface area contributed by atoms with E-state index >= 15 is 0 Å². The number of amides is 1. The van der Waals surface area contributed by atoms with Crippen LogP contribution in [0, 0.1) is 3.57 Å². The maximum Gasteiger partial charge on any atom is 0.254 e. The van der Waals surface area contributed by atoms with Gasteiger partial charge in [0.25, 0.3) is 5.91 Å². The Kier molecular flexibility index (Phi) is 4.67. The van der Waals surface area contributed by atoms with E-state index in [-0.39, 0.29) is 17.7 Å². The summed E-state index contributed by atoms with van der Waals surface area (Å²) in [5, 5.41) is 9.72. The first-order valence-corrected chi connectivity index (χ1v) is 7.51. The zero-order valence-corrected chi connectivity index (χ0v) is 13.4. The van der Waals surface area contributed by atoms with E-state index in [1.165, 1.54) is 0 Å². The Labute approximate surface area is 127 Å². The van der Waals surface area contributed by atoms with Gasteiger partial charge in [0.05, 0.1) is 3.57 Å². The minimum Gasteiger partial charge on any atom is -0.507 e. The van der Waals surface area contributed by atoms with E-state index in [2.05, 4.69) is 27.5 Å². The van der Waals surface area contributed by atoms with Crippen molar-refractivity contribution in [3.8, 4) is 5.75 Å². The third-order valence-electron chi connectivity index (χ3n) is 3.41. The largest absolute Gasteiger partial charge is 0.507 e. The number of halogens is 1. The van der Waals surface area contributed by atoms with Gasteiger partial charge in [-0.3, -0.25) is 4.79 Å². The summed E-state index contributed by atoms with van der Waals surface area (Å²) in [4.78, 5) is 16.5. The van der Waals surface area contributed by atoms with Crippen molar-refractivity contribution in [1.29, 1.82) is 0 Å². The first kappa shape index (κ1) is 14.6. The summed E-state index contributed by atoms with van der Waals surface area (Å²) in [6.07, 6.45) is 2.11. The second-order valence-electron chi connectivity index (χ2n) is 5.22. The second-order valence-corrected chi connectivity index (χ2v) is 6.39. The van der Waals surface area contributed by atoms with Crippen molar-refractivity contribution in [3.05, 3.63) is 27.3 Å². The zero-order valence-electron chi connectivity index (χ0n) is 11.3. The first-order chi connectivity index (χ1) is 8.99. The van der Waals surface area contributed by atoms with E-state index in [9.17, 15) is 9.90 Å². The van der Waals surface area contributed by atoms with Crippen molar-refractivity contribution < 1.29 is 9.90 Å². The Hall–Kier alpha value is -0.820. The van der Waals surface area contributed by atoms with Crippen molar-refractivity contribution >= 4 is 28.5 Å². The third-order valence-corrected chi connectivity index (χ3v) is 4.32. The molecule has 0 aliphatic carbocycles. The molecule has 1 heterocycles. The number of rotatable bonds is 3. The fourth-order valence-corrected chi connectivity index (χ4v) is 2.86. The molecule has 0 saturated carbocycles. The molecule has 2 rings (SSSR count). The minimum absolute atomic E-state index is 0.0241. The molecule has 5 heteroatoms. The van der Waals surface area contributed by atoms with E-state index in [4.69, 9.17) is 0 Å². The van der Waals surface area contributed by atoms with Crippen molar-refractivity contribution in [2.75, 3.05) is 27.2 Å². The molecule has 1 amide bonds. The number of likely N-dealkylation sites (N-methyl/N-ethyl adjacent to an activating group) is 1. The lowest BCUT2D eigenvalue weighted by Gasteiger charge is -2.27. The van der Waals surface area contributed by atoms with Gasteiger partial charge in [0.2, 0.25) is 0 Å². The molecule has 1 unspecified atom stereocenters. The highest BCUT2D eigenvalue weighted by atomic mass is 127. The van der Waals surface area contributed by atoms with Crippen molar-refractivity contribution in [2.24, 2.45) is 0 Å². The van der Waals surface area contributed by atoms with Gasteiger partial charge in [-0.25, -0.2) is 0 Å². The van der Waals surface area contributed by atoms with Gasteiger partial charge < -0.3 is 14.9 Å². The van der Waals surface area contributed by atoms with Crippen LogP contribution in [0.25, 0.3) is 0 Å². The molecule has 1 aromatic carbocycles. The predicted octanol–water partition coefficient (Wildman–Crippen LogP) is 2.16. The smallest absolute Gasteiger partial charge is 0.254 e. The topological polar surface area (TPSA) is 43.8 Å². The van der Waals surface area contributed by atoms with Gasteiger partial charge in [-0.1, -0.05) is 0 Å². The number of nitrogens with zero attached hydrogens (tertiary/aromatic N) is 2. The Morgan fingerprint density at radius 2 is 2.26 bits per heavy atom. The monoisotopic (exact) mass is 374 g/mol. The fraction of sp³-hybridized carbons (Fsp3) is 0.500. The Morgan fingerprint density at radius 3 is 2.89 bits per heavy atom. The second kappa shape index (κ2) is 6.09. The molecule has 0 spiro atoms. The van der Waals surface area contributed by atoms with E-state index in [1.54, 1.807) is 18.2 Å². The van der Waals surface area contributed by atoms with Crippen LogP contribution >= 0.6 is 22.6 Å². The average molecular weight is 374 g/mol. The number of hydrogen-bond donors (Lipinski definition) is 1. The van der Waals surface area contributed by atoms with Crippen LogP contribution in [0.2, 0.25) is 0 Å². The van der Waals surface area contributed by atoms with Gasteiger partial charge in [-0.05, 0) is 67.7 Å². The number of phenols is 1. The van der Waals surface area contributed by atoms with Crippen LogP contribution in [-0.4, -0.2) is 54.0 Å². The van der Waals surface area contributed by atoms with Crippen molar-refractivity contribution in [3.63, 3.8) is 0 Å². The zero-order chi connectivity index (χ0) is 14.0. The normalized spacial score (nSPS) is 19.2. The van der Waals surface area contributed by atoms with Gasteiger partial charge in [-0.2, -0.15) is 0 Å². The number of likely N-dealkylation sites (tertiary alicyclic amines) is 1. The summed E-state index contributed by atoms with van der Waals surface area (Å²) in [5.41, 5.74) is 0.573. The highest BCUT2D eigenvalue weighted by Gasteiger charge is 2.29. The van der Waals surface area contributed by atoms with E-state index < -0.39 is 0 Å². The summed E-state index contributed by atoms with van der Waals surface area (Å²) in [5.74, 6) is 0.200. The van der Waals surface area contributed by atoms with Crippen molar-refractivity contribution in [1.82, 2.24) is 9.80 Å². The summed E-state index contributed by atoms with van der Waals surface area (Å²) < 4.78 is 0.764. The van der Waals surface area contributed by atoms with Crippen LogP contribution in [-0.2, 0) is 0 Å². The van der Waals surface area contributed by atoms with Crippen LogP contribution in [0.1, 0.15) is 23.2 Å². The Morgan fingerprint density at radius 1 is 1.53 bits per heavy atom. The molecule has 0 aromatic heterocycles. The molecule has 0 radical (unpaired) electrons. The van der Waals surface area contributed by atoms with Crippen LogP contribution in [0.4, 0.5) is 0 Å². The molecular weight excluding hydrogens is 355 g/mol. The molecule has 1 saturated heterocycles. The SMILES string of the molecule is CN(C)CC1CCCN1C(=O)c1ccc(I)c(O)c1. The molecule has 4 nitrogen and oxygen atoms in total. The standard InChI is InChI=1S/C14H19IN2O2/c1-16(2)9-11-4-3-7-17(11)14(19)10-5-6-12(15)13(18)8-10/h5-6,8,11,18H,3-4,7,9H2,1-2H3. The lowest BCUT2D eigenvalue weighted by atomic mass is 10.1. The summed E-state index contributed by atoms with van der Waals surface area (Å²) in [6.45, 7) is 1.70. The molecule has 19 heavy (non-hydrogen) atoms. The van der Waals surface area contributed by atoms with Gasteiger partial charge in [0.15, 0.2) is 0 Å².